The van der Waals surface area contributed by atoms with E-state index < -0.39 is 5.97 Å². The smallest absolute Gasteiger partial charge is 0.328 e. The van der Waals surface area contributed by atoms with Gasteiger partial charge in [-0.2, -0.15) is 0 Å². The molecule has 4 heteroatoms. The van der Waals surface area contributed by atoms with Crippen molar-refractivity contribution in [3.8, 4) is 16.2 Å². The van der Waals surface area contributed by atoms with Crippen molar-refractivity contribution in [1.82, 2.24) is 0 Å². The standard InChI is InChI=1S/C19H22O3S/c1-3-4-5-9-16-17(22-2)13-23-19(16)15-8-6-7-14(12-15)10-11-18(20)21/h6-8,10-13H,3-5,9H2,1-2H3,(H,20,21). The molecule has 23 heavy (non-hydrogen) atoms. The molecule has 0 radical (unpaired) electrons. The van der Waals surface area contributed by atoms with Crippen LogP contribution in [0.15, 0.2) is 35.7 Å². The Morgan fingerprint density at radius 1 is 1.35 bits per heavy atom. The number of unbranched alkanes of at least 4 members (excludes halogenated alkanes) is 2. The zero-order chi connectivity index (χ0) is 16.7. The zero-order valence-electron chi connectivity index (χ0n) is 13.5. The average Bonchev–Trinajstić information content (AvgIpc) is 2.96. The molecule has 0 fully saturated rings. The van der Waals surface area contributed by atoms with Crippen molar-refractivity contribution >= 4 is 23.4 Å². The SMILES string of the molecule is CCCCCc1c(OC)csc1-c1cccc(C=CC(=O)O)c1. The molecule has 2 aromatic rings. The van der Waals surface area contributed by atoms with Gasteiger partial charge in [0.05, 0.1) is 7.11 Å². The summed E-state index contributed by atoms with van der Waals surface area (Å²) in [5.41, 5.74) is 3.25. The first-order chi connectivity index (χ1) is 11.2. The highest BCUT2D eigenvalue weighted by Crippen LogP contribution is 2.38. The highest BCUT2D eigenvalue weighted by Gasteiger charge is 2.13. The summed E-state index contributed by atoms with van der Waals surface area (Å²) in [5, 5.41) is 10.8. The van der Waals surface area contributed by atoms with Crippen molar-refractivity contribution in [3.05, 3.63) is 46.8 Å². The number of hydrogen-bond acceptors (Lipinski definition) is 3. The summed E-state index contributed by atoms with van der Waals surface area (Å²) in [4.78, 5) is 11.9. The van der Waals surface area contributed by atoms with Gasteiger partial charge in [-0.3, -0.25) is 0 Å². The molecule has 0 unspecified atom stereocenters. The Morgan fingerprint density at radius 2 is 2.17 bits per heavy atom. The van der Waals surface area contributed by atoms with Gasteiger partial charge in [0, 0.05) is 21.9 Å². The number of aliphatic carboxylic acids is 1. The molecule has 1 aromatic carbocycles. The zero-order valence-corrected chi connectivity index (χ0v) is 14.4. The summed E-state index contributed by atoms with van der Waals surface area (Å²) in [6, 6.07) is 7.95. The van der Waals surface area contributed by atoms with Crippen LogP contribution in [0, 0.1) is 0 Å². The normalized spacial score (nSPS) is 11.0. The van der Waals surface area contributed by atoms with E-state index in [-0.39, 0.29) is 0 Å². The molecule has 0 aliphatic rings. The Hall–Kier alpha value is -2.07. The lowest BCUT2D eigenvalue weighted by atomic mass is 10.0. The molecule has 0 aliphatic carbocycles. The van der Waals surface area contributed by atoms with E-state index in [1.54, 1.807) is 24.5 Å². The van der Waals surface area contributed by atoms with Crippen LogP contribution in [0.25, 0.3) is 16.5 Å². The number of carbonyl (C=O) groups is 1. The summed E-state index contributed by atoms with van der Waals surface area (Å²) in [6.07, 6.45) is 7.33. The maximum Gasteiger partial charge on any atom is 0.328 e. The molecule has 1 aromatic heterocycles. The predicted octanol–water partition coefficient (Wildman–Crippen LogP) is 5.25. The number of ether oxygens (including phenoxy) is 1. The highest BCUT2D eigenvalue weighted by atomic mass is 32.1. The van der Waals surface area contributed by atoms with Crippen LogP contribution in [0.3, 0.4) is 0 Å². The van der Waals surface area contributed by atoms with Crippen LogP contribution in [0.4, 0.5) is 0 Å². The summed E-state index contributed by atoms with van der Waals surface area (Å²) < 4.78 is 5.51. The first-order valence-electron chi connectivity index (χ1n) is 7.81. The molecule has 1 N–H and O–H groups in total. The van der Waals surface area contributed by atoms with Gasteiger partial charge >= 0.3 is 5.97 Å². The largest absolute Gasteiger partial charge is 0.496 e. The Kier molecular flexibility index (Phi) is 6.41. The summed E-state index contributed by atoms with van der Waals surface area (Å²) >= 11 is 1.68. The summed E-state index contributed by atoms with van der Waals surface area (Å²) in [7, 11) is 1.71. The van der Waals surface area contributed by atoms with Crippen LogP contribution in [-0.2, 0) is 11.2 Å². The van der Waals surface area contributed by atoms with E-state index in [0.29, 0.717) is 0 Å². The Labute approximate surface area is 141 Å². The minimum absolute atomic E-state index is 0.886. The lowest BCUT2D eigenvalue weighted by Crippen LogP contribution is -1.91. The van der Waals surface area contributed by atoms with Gasteiger partial charge in [-0.05, 0) is 36.1 Å². The third-order valence-electron chi connectivity index (χ3n) is 3.67. The van der Waals surface area contributed by atoms with Gasteiger partial charge in [0.15, 0.2) is 0 Å². The van der Waals surface area contributed by atoms with Gasteiger partial charge in [-0.15, -0.1) is 11.3 Å². The number of hydrogen-bond donors (Lipinski definition) is 1. The maximum atomic E-state index is 10.7. The van der Waals surface area contributed by atoms with Crippen molar-refractivity contribution in [2.75, 3.05) is 7.11 Å². The van der Waals surface area contributed by atoms with E-state index in [1.165, 1.54) is 23.3 Å². The van der Waals surface area contributed by atoms with Gasteiger partial charge in [0.2, 0.25) is 0 Å². The molecule has 1 heterocycles. The monoisotopic (exact) mass is 330 g/mol. The van der Waals surface area contributed by atoms with Gasteiger partial charge in [-0.1, -0.05) is 38.0 Å². The van der Waals surface area contributed by atoms with Crippen LogP contribution in [0.2, 0.25) is 0 Å². The third-order valence-corrected chi connectivity index (χ3v) is 4.72. The minimum Gasteiger partial charge on any atom is -0.496 e. The number of thiophene rings is 1. The molecule has 0 atom stereocenters. The van der Waals surface area contributed by atoms with Crippen molar-refractivity contribution in [3.63, 3.8) is 0 Å². The van der Waals surface area contributed by atoms with Gasteiger partial charge in [0.1, 0.15) is 5.75 Å². The van der Waals surface area contributed by atoms with Crippen molar-refractivity contribution < 1.29 is 14.6 Å². The third kappa shape index (κ3) is 4.70. The molecule has 3 nitrogen and oxygen atoms in total. The van der Waals surface area contributed by atoms with Crippen LogP contribution >= 0.6 is 11.3 Å². The Morgan fingerprint density at radius 3 is 2.87 bits per heavy atom. The van der Waals surface area contributed by atoms with Gasteiger partial charge in [0.25, 0.3) is 0 Å². The highest BCUT2D eigenvalue weighted by molar-refractivity contribution is 7.14. The van der Waals surface area contributed by atoms with Crippen LogP contribution < -0.4 is 4.74 Å². The number of rotatable bonds is 8. The van der Waals surface area contributed by atoms with Crippen LogP contribution in [-0.4, -0.2) is 18.2 Å². The second-order valence-corrected chi connectivity index (χ2v) is 6.25. The average molecular weight is 330 g/mol. The van der Waals surface area contributed by atoms with Crippen molar-refractivity contribution in [2.24, 2.45) is 0 Å². The van der Waals surface area contributed by atoms with Crippen molar-refractivity contribution in [2.45, 2.75) is 32.6 Å². The molecular formula is C19H22O3S. The van der Waals surface area contributed by atoms with E-state index in [0.717, 1.165) is 35.8 Å². The molecule has 0 spiro atoms. The fraction of sp³-hybridized carbons (Fsp3) is 0.316. The number of carboxylic acid groups (broad SMARTS) is 1. The number of carboxylic acids is 1. The van der Waals surface area contributed by atoms with E-state index in [4.69, 9.17) is 9.84 Å². The first kappa shape index (κ1) is 17.3. The van der Waals surface area contributed by atoms with Crippen LogP contribution in [0.5, 0.6) is 5.75 Å². The first-order valence-corrected chi connectivity index (χ1v) is 8.69. The summed E-state index contributed by atoms with van der Waals surface area (Å²) in [6.45, 7) is 2.20. The molecule has 0 aliphatic heterocycles. The molecule has 0 amide bonds. The summed E-state index contributed by atoms with van der Waals surface area (Å²) in [5.74, 6) is 0.0148. The predicted molar refractivity (Wildman–Crippen MR) is 96.2 cm³/mol. The molecule has 2 rings (SSSR count). The number of methoxy groups -OCH3 is 1. The second kappa shape index (κ2) is 8.53. The van der Waals surface area contributed by atoms with Crippen molar-refractivity contribution in [1.29, 1.82) is 0 Å². The quantitative estimate of drug-likeness (QED) is 0.531. The van der Waals surface area contributed by atoms with Crippen LogP contribution in [0.1, 0.15) is 37.3 Å². The Bertz CT molecular complexity index is 686. The number of benzene rings is 1. The Balaban J connectivity index is 2.32. The van der Waals surface area contributed by atoms with E-state index in [2.05, 4.69) is 18.4 Å². The molecule has 0 bridgehead atoms. The lowest BCUT2D eigenvalue weighted by Gasteiger charge is -2.08. The maximum absolute atomic E-state index is 10.7. The second-order valence-electron chi connectivity index (χ2n) is 5.37. The molecule has 0 saturated carbocycles. The van der Waals surface area contributed by atoms with Gasteiger partial charge in [-0.25, -0.2) is 4.79 Å². The molecular weight excluding hydrogens is 308 g/mol. The molecule has 122 valence electrons. The topological polar surface area (TPSA) is 46.5 Å². The van der Waals surface area contributed by atoms with E-state index in [9.17, 15) is 4.79 Å². The minimum atomic E-state index is -0.937. The van der Waals surface area contributed by atoms with E-state index >= 15 is 0 Å². The van der Waals surface area contributed by atoms with E-state index in [1.807, 2.05) is 18.2 Å². The van der Waals surface area contributed by atoms with Gasteiger partial charge < -0.3 is 9.84 Å². The lowest BCUT2D eigenvalue weighted by molar-refractivity contribution is -0.131. The fourth-order valence-corrected chi connectivity index (χ4v) is 3.59. The molecule has 0 saturated heterocycles. The fourth-order valence-electron chi connectivity index (χ4n) is 2.52.